The van der Waals surface area contributed by atoms with Gasteiger partial charge in [0.2, 0.25) is 0 Å². The maximum absolute atomic E-state index is 10.6. The summed E-state index contributed by atoms with van der Waals surface area (Å²) in [6.07, 6.45) is 3.20. The molecule has 0 unspecified atom stereocenters. The summed E-state index contributed by atoms with van der Waals surface area (Å²) in [6.45, 7) is 2.04. The molecule has 0 bridgehead atoms. The molecule has 6 nitrogen and oxygen atoms in total. The molecule has 2 rings (SSSR count). The van der Waals surface area contributed by atoms with Gasteiger partial charge in [-0.25, -0.2) is 4.79 Å². The number of aliphatic carboxylic acids is 1. The fourth-order valence-corrected chi connectivity index (χ4v) is 2.09. The Labute approximate surface area is 129 Å². The highest BCUT2D eigenvalue weighted by atomic mass is 79.9. The van der Waals surface area contributed by atoms with E-state index >= 15 is 0 Å². The predicted molar refractivity (Wildman–Crippen MR) is 78.8 cm³/mol. The number of rotatable bonds is 6. The van der Waals surface area contributed by atoms with Gasteiger partial charge in [-0.2, -0.15) is 4.98 Å². The fourth-order valence-electron chi connectivity index (χ4n) is 1.60. The molecule has 21 heavy (non-hydrogen) atoms. The van der Waals surface area contributed by atoms with Crippen molar-refractivity contribution in [3.63, 3.8) is 0 Å². The zero-order valence-electron chi connectivity index (χ0n) is 11.2. The molecule has 0 saturated carbocycles. The Kier molecular flexibility index (Phi) is 5.10. The van der Waals surface area contributed by atoms with E-state index < -0.39 is 5.97 Å². The second-order valence-corrected chi connectivity index (χ2v) is 4.93. The van der Waals surface area contributed by atoms with Gasteiger partial charge >= 0.3 is 5.97 Å². The number of carboxylic acid groups (broad SMARTS) is 1. The lowest BCUT2D eigenvalue weighted by molar-refractivity contribution is -0.131. The van der Waals surface area contributed by atoms with E-state index in [2.05, 4.69) is 26.1 Å². The minimum Gasteiger partial charge on any atom is -0.482 e. The van der Waals surface area contributed by atoms with Gasteiger partial charge < -0.3 is 14.4 Å². The van der Waals surface area contributed by atoms with Gasteiger partial charge in [-0.3, -0.25) is 0 Å². The van der Waals surface area contributed by atoms with Gasteiger partial charge in [-0.05, 0) is 28.1 Å². The van der Waals surface area contributed by atoms with Crippen LogP contribution in [0.4, 0.5) is 0 Å². The van der Waals surface area contributed by atoms with Crippen molar-refractivity contribution in [1.29, 1.82) is 0 Å². The van der Waals surface area contributed by atoms with Crippen LogP contribution in [0.5, 0.6) is 5.75 Å². The van der Waals surface area contributed by atoms with Gasteiger partial charge in [0.25, 0.3) is 5.89 Å². The largest absolute Gasteiger partial charge is 0.482 e. The third kappa shape index (κ3) is 4.16. The zero-order valence-corrected chi connectivity index (χ0v) is 12.8. The topological polar surface area (TPSA) is 85.5 Å². The smallest absolute Gasteiger partial charge is 0.328 e. The normalized spacial score (nSPS) is 11.0. The van der Waals surface area contributed by atoms with Crippen molar-refractivity contribution in [2.45, 2.75) is 20.0 Å². The lowest BCUT2D eigenvalue weighted by atomic mass is 10.2. The van der Waals surface area contributed by atoms with Crippen LogP contribution in [0.3, 0.4) is 0 Å². The van der Waals surface area contributed by atoms with E-state index in [1.807, 2.05) is 6.92 Å². The molecule has 1 aromatic carbocycles. The molecule has 1 N–H and O–H groups in total. The van der Waals surface area contributed by atoms with Gasteiger partial charge in [0.1, 0.15) is 5.75 Å². The summed E-state index contributed by atoms with van der Waals surface area (Å²) in [5.74, 6) is 0.485. The summed E-state index contributed by atoms with van der Waals surface area (Å²) in [4.78, 5) is 14.8. The molecular weight excluding hydrogens is 340 g/mol. The van der Waals surface area contributed by atoms with Crippen LogP contribution in [0.15, 0.2) is 33.3 Å². The third-order valence-corrected chi connectivity index (χ3v) is 3.19. The highest BCUT2D eigenvalue weighted by Crippen LogP contribution is 2.30. The molecule has 0 amide bonds. The Hall–Kier alpha value is -2.15. The van der Waals surface area contributed by atoms with Crippen LogP contribution in [0.2, 0.25) is 0 Å². The van der Waals surface area contributed by atoms with Crippen molar-refractivity contribution >= 4 is 28.0 Å². The molecule has 0 atom stereocenters. The van der Waals surface area contributed by atoms with Crippen LogP contribution in [0.25, 0.3) is 6.08 Å². The molecule has 0 aliphatic carbocycles. The van der Waals surface area contributed by atoms with E-state index in [4.69, 9.17) is 14.4 Å². The summed E-state index contributed by atoms with van der Waals surface area (Å²) in [6, 6.07) is 5.35. The van der Waals surface area contributed by atoms with Gasteiger partial charge in [-0.1, -0.05) is 24.2 Å². The molecule has 0 aliphatic heterocycles. The predicted octanol–water partition coefficient (Wildman–Crippen LogP) is 3.07. The van der Waals surface area contributed by atoms with Gasteiger partial charge in [-0.15, -0.1) is 0 Å². The maximum Gasteiger partial charge on any atom is 0.328 e. The molecule has 2 aromatic rings. The van der Waals surface area contributed by atoms with Crippen molar-refractivity contribution in [3.8, 4) is 5.75 Å². The van der Waals surface area contributed by atoms with E-state index in [1.165, 1.54) is 6.08 Å². The number of hydrogen-bond acceptors (Lipinski definition) is 5. The van der Waals surface area contributed by atoms with Crippen LogP contribution < -0.4 is 4.74 Å². The fraction of sp³-hybridized carbons (Fsp3) is 0.214. The number of benzene rings is 1. The Morgan fingerprint density at radius 2 is 2.33 bits per heavy atom. The van der Waals surface area contributed by atoms with E-state index in [9.17, 15) is 4.79 Å². The lowest BCUT2D eigenvalue weighted by Gasteiger charge is -2.09. The number of carboxylic acids is 1. The molecule has 0 saturated heterocycles. The number of carbonyl (C=O) groups is 1. The minimum absolute atomic E-state index is 0.115. The molecule has 0 radical (unpaired) electrons. The van der Waals surface area contributed by atoms with E-state index in [0.29, 0.717) is 33.9 Å². The van der Waals surface area contributed by atoms with E-state index in [-0.39, 0.29) is 6.61 Å². The summed E-state index contributed by atoms with van der Waals surface area (Å²) in [5.41, 5.74) is 0.641. The van der Waals surface area contributed by atoms with Crippen molar-refractivity contribution in [2.24, 2.45) is 0 Å². The molecule has 0 spiro atoms. The van der Waals surface area contributed by atoms with Crippen molar-refractivity contribution in [3.05, 3.63) is 46.0 Å². The number of halogens is 1. The molecular formula is C14H13BrN2O4. The Morgan fingerprint density at radius 3 is 3.00 bits per heavy atom. The summed E-state index contributed by atoms with van der Waals surface area (Å²) in [7, 11) is 0. The Balaban J connectivity index is 2.16. The summed E-state index contributed by atoms with van der Waals surface area (Å²) in [5, 5.41) is 12.5. The number of nitrogens with zero attached hydrogens (tertiary/aromatic N) is 2. The Morgan fingerprint density at radius 1 is 1.52 bits per heavy atom. The van der Waals surface area contributed by atoms with Crippen LogP contribution in [-0.4, -0.2) is 21.2 Å². The van der Waals surface area contributed by atoms with Crippen molar-refractivity contribution in [1.82, 2.24) is 10.1 Å². The molecule has 1 aromatic heterocycles. The van der Waals surface area contributed by atoms with Crippen LogP contribution >= 0.6 is 15.9 Å². The third-order valence-electron chi connectivity index (χ3n) is 2.57. The highest BCUT2D eigenvalue weighted by molar-refractivity contribution is 9.10. The standard InChI is InChI=1S/C14H13BrN2O4/c1-2-11-16-12(21-17-11)8-20-14-9(6-7-13(18)19)4-3-5-10(14)15/h3-7H,2,8H2,1H3,(H,18,19). The second kappa shape index (κ2) is 7.03. The summed E-state index contributed by atoms with van der Waals surface area (Å²) < 4.78 is 11.4. The lowest BCUT2D eigenvalue weighted by Crippen LogP contribution is -1.99. The zero-order chi connectivity index (χ0) is 15.2. The molecule has 0 fully saturated rings. The number of para-hydroxylation sites is 1. The first-order chi connectivity index (χ1) is 10.1. The average molecular weight is 353 g/mol. The van der Waals surface area contributed by atoms with Crippen LogP contribution in [0, 0.1) is 0 Å². The number of ether oxygens (including phenoxy) is 1. The van der Waals surface area contributed by atoms with Crippen molar-refractivity contribution < 1.29 is 19.2 Å². The number of aryl methyl sites for hydroxylation is 1. The number of hydrogen-bond donors (Lipinski definition) is 1. The first-order valence-electron chi connectivity index (χ1n) is 6.24. The van der Waals surface area contributed by atoms with E-state index in [0.717, 1.165) is 6.08 Å². The summed E-state index contributed by atoms with van der Waals surface area (Å²) >= 11 is 3.37. The molecule has 7 heteroatoms. The number of aromatic nitrogens is 2. The first-order valence-corrected chi connectivity index (χ1v) is 7.03. The van der Waals surface area contributed by atoms with Crippen LogP contribution in [0.1, 0.15) is 24.2 Å². The van der Waals surface area contributed by atoms with Crippen molar-refractivity contribution in [2.75, 3.05) is 0 Å². The first kappa shape index (κ1) is 15.2. The highest BCUT2D eigenvalue weighted by Gasteiger charge is 2.10. The molecule has 0 aliphatic rings. The second-order valence-electron chi connectivity index (χ2n) is 4.08. The SMILES string of the molecule is CCc1noc(COc2c(Br)cccc2C=CC(=O)O)n1. The minimum atomic E-state index is -1.02. The monoisotopic (exact) mass is 352 g/mol. The molecule has 110 valence electrons. The van der Waals surface area contributed by atoms with E-state index in [1.54, 1.807) is 18.2 Å². The van der Waals surface area contributed by atoms with Gasteiger partial charge in [0.05, 0.1) is 4.47 Å². The maximum atomic E-state index is 10.6. The quantitative estimate of drug-likeness (QED) is 0.804. The Bertz CT molecular complexity index is 667. The van der Waals surface area contributed by atoms with Gasteiger partial charge in [0.15, 0.2) is 12.4 Å². The van der Waals surface area contributed by atoms with Crippen LogP contribution in [-0.2, 0) is 17.8 Å². The average Bonchev–Trinajstić information content (AvgIpc) is 2.92. The molecule has 1 heterocycles. The van der Waals surface area contributed by atoms with Gasteiger partial charge in [0, 0.05) is 18.1 Å².